The van der Waals surface area contributed by atoms with Gasteiger partial charge in [0.05, 0.1) is 0 Å². The van der Waals surface area contributed by atoms with Crippen molar-refractivity contribution in [2.75, 3.05) is 13.2 Å². The average molecular weight is 921 g/mol. The Balaban J connectivity index is 4.38. The number of hydrogen-bond donors (Lipinski definition) is 0. The molecule has 1 atom stereocenters. The predicted molar refractivity (Wildman–Crippen MR) is 284 cm³/mol. The molecule has 0 heterocycles. The molecule has 0 aromatic carbocycles. The monoisotopic (exact) mass is 921 g/mol. The van der Waals surface area contributed by atoms with Gasteiger partial charge in [0.2, 0.25) is 0 Å². The first-order valence-electron chi connectivity index (χ1n) is 28.0. The molecule has 1 unspecified atom stereocenters. The van der Waals surface area contributed by atoms with Gasteiger partial charge in [0.15, 0.2) is 6.10 Å². The molecular weight excluding hydrogens is 817 g/mol. The van der Waals surface area contributed by atoms with Crippen molar-refractivity contribution in [1.29, 1.82) is 0 Å². The quantitative estimate of drug-likeness (QED) is 0.0262. The molecule has 0 aliphatic heterocycles. The number of allylic oxidation sites excluding steroid dienone is 12. The largest absolute Gasteiger partial charge is 0.462 e. The molecule has 0 rings (SSSR count). The van der Waals surface area contributed by atoms with Gasteiger partial charge in [-0.15, -0.1) is 0 Å². The molecule has 0 aliphatic rings. The van der Waals surface area contributed by atoms with Crippen LogP contribution in [0.15, 0.2) is 72.9 Å². The summed E-state index contributed by atoms with van der Waals surface area (Å²) in [6, 6.07) is 0. The molecule has 66 heavy (non-hydrogen) atoms. The van der Waals surface area contributed by atoms with E-state index in [4.69, 9.17) is 14.2 Å². The summed E-state index contributed by atoms with van der Waals surface area (Å²) in [4.78, 5) is 38.1. The van der Waals surface area contributed by atoms with Gasteiger partial charge in [-0.1, -0.05) is 261 Å². The van der Waals surface area contributed by atoms with Gasteiger partial charge in [0.1, 0.15) is 13.2 Å². The van der Waals surface area contributed by atoms with Crippen LogP contribution in [0.1, 0.15) is 271 Å². The van der Waals surface area contributed by atoms with Crippen LogP contribution in [0.2, 0.25) is 0 Å². The SMILES string of the molecule is CC\C=C/C=C\C=C/C=C\CCCCCC(=O)OCC(COC(=O)CCCCCCCCCCCC/C=C\C=C/CCCCC)OC(=O)CCCCCCCCCCCCCCCCCC. The van der Waals surface area contributed by atoms with Gasteiger partial charge in [0, 0.05) is 19.3 Å². The maximum absolute atomic E-state index is 12.8. The molecule has 0 spiro atoms. The minimum atomic E-state index is -0.791. The molecule has 0 saturated heterocycles. The van der Waals surface area contributed by atoms with E-state index in [0.29, 0.717) is 19.3 Å². The molecular formula is C60H104O6. The highest BCUT2D eigenvalue weighted by atomic mass is 16.6. The molecule has 0 amide bonds. The van der Waals surface area contributed by atoms with Crippen molar-refractivity contribution >= 4 is 17.9 Å². The number of ether oxygens (including phenoxy) is 3. The van der Waals surface area contributed by atoms with Crippen LogP contribution < -0.4 is 0 Å². The third kappa shape index (κ3) is 51.8. The van der Waals surface area contributed by atoms with E-state index in [1.165, 1.54) is 161 Å². The number of hydrogen-bond acceptors (Lipinski definition) is 6. The van der Waals surface area contributed by atoms with E-state index < -0.39 is 6.10 Å². The van der Waals surface area contributed by atoms with Crippen molar-refractivity contribution in [3.05, 3.63) is 72.9 Å². The van der Waals surface area contributed by atoms with E-state index in [1.807, 2.05) is 30.4 Å². The van der Waals surface area contributed by atoms with Crippen LogP contribution in [0.25, 0.3) is 0 Å². The Hall–Kier alpha value is -3.15. The van der Waals surface area contributed by atoms with Crippen molar-refractivity contribution in [2.24, 2.45) is 0 Å². The fraction of sp³-hybridized carbons (Fsp3) is 0.750. The van der Waals surface area contributed by atoms with Gasteiger partial charge in [-0.2, -0.15) is 0 Å². The fourth-order valence-electron chi connectivity index (χ4n) is 7.86. The Bertz CT molecular complexity index is 1240. The van der Waals surface area contributed by atoms with E-state index in [1.54, 1.807) is 0 Å². The molecule has 0 N–H and O–H groups in total. The Kier molecular flexibility index (Phi) is 51.9. The van der Waals surface area contributed by atoms with E-state index in [0.717, 1.165) is 70.6 Å². The Morgan fingerprint density at radius 3 is 0.985 bits per heavy atom. The molecule has 0 aromatic rings. The molecule has 380 valence electrons. The van der Waals surface area contributed by atoms with Crippen molar-refractivity contribution in [1.82, 2.24) is 0 Å². The lowest BCUT2D eigenvalue weighted by Gasteiger charge is -2.18. The van der Waals surface area contributed by atoms with Gasteiger partial charge in [0.25, 0.3) is 0 Å². The lowest BCUT2D eigenvalue weighted by atomic mass is 10.0. The third-order valence-electron chi connectivity index (χ3n) is 12.1. The normalized spacial score (nSPS) is 12.6. The summed E-state index contributed by atoms with van der Waals surface area (Å²) in [5.74, 6) is -0.923. The molecule has 0 radical (unpaired) electrons. The predicted octanol–water partition coefficient (Wildman–Crippen LogP) is 18.6. The minimum Gasteiger partial charge on any atom is -0.462 e. The van der Waals surface area contributed by atoms with Crippen LogP contribution >= 0.6 is 0 Å². The maximum atomic E-state index is 12.8. The highest BCUT2D eigenvalue weighted by Gasteiger charge is 2.19. The molecule has 6 heteroatoms. The lowest BCUT2D eigenvalue weighted by molar-refractivity contribution is -0.167. The van der Waals surface area contributed by atoms with Gasteiger partial charge in [-0.3, -0.25) is 14.4 Å². The van der Waals surface area contributed by atoms with Crippen molar-refractivity contribution in [3.63, 3.8) is 0 Å². The highest BCUT2D eigenvalue weighted by Crippen LogP contribution is 2.16. The van der Waals surface area contributed by atoms with Crippen LogP contribution in [0.3, 0.4) is 0 Å². The van der Waals surface area contributed by atoms with E-state index in [-0.39, 0.29) is 31.1 Å². The molecule has 0 aliphatic carbocycles. The van der Waals surface area contributed by atoms with Gasteiger partial charge in [-0.25, -0.2) is 0 Å². The summed E-state index contributed by atoms with van der Waals surface area (Å²) in [5, 5.41) is 0. The summed E-state index contributed by atoms with van der Waals surface area (Å²) in [6.45, 7) is 6.46. The number of esters is 3. The van der Waals surface area contributed by atoms with E-state index in [2.05, 4.69) is 63.3 Å². The van der Waals surface area contributed by atoms with Crippen molar-refractivity contribution < 1.29 is 28.6 Å². The van der Waals surface area contributed by atoms with Gasteiger partial charge < -0.3 is 14.2 Å². The molecule has 0 fully saturated rings. The fourth-order valence-corrected chi connectivity index (χ4v) is 7.86. The summed E-state index contributed by atoms with van der Waals surface area (Å²) in [5.41, 5.74) is 0. The molecule has 0 aromatic heterocycles. The minimum absolute atomic E-state index is 0.0880. The number of rotatable bonds is 50. The summed E-state index contributed by atoms with van der Waals surface area (Å²) in [7, 11) is 0. The highest BCUT2D eigenvalue weighted by molar-refractivity contribution is 5.71. The van der Waals surface area contributed by atoms with Gasteiger partial charge in [-0.05, 0) is 64.2 Å². The van der Waals surface area contributed by atoms with Crippen LogP contribution in [-0.4, -0.2) is 37.2 Å². The smallest absolute Gasteiger partial charge is 0.306 e. The first-order valence-corrected chi connectivity index (χ1v) is 28.0. The van der Waals surface area contributed by atoms with Crippen LogP contribution in [0, 0.1) is 0 Å². The number of carbonyl (C=O) groups is 3. The zero-order valence-electron chi connectivity index (χ0n) is 43.4. The second kappa shape index (κ2) is 54.5. The molecule has 6 nitrogen and oxygen atoms in total. The number of unbranched alkanes of at least 4 members (excludes halogenated alkanes) is 31. The Morgan fingerprint density at radius 2 is 0.591 bits per heavy atom. The first kappa shape index (κ1) is 62.8. The van der Waals surface area contributed by atoms with Crippen LogP contribution in [0.5, 0.6) is 0 Å². The average Bonchev–Trinajstić information content (AvgIpc) is 3.31. The third-order valence-corrected chi connectivity index (χ3v) is 12.1. The van der Waals surface area contributed by atoms with E-state index in [9.17, 15) is 14.4 Å². The van der Waals surface area contributed by atoms with E-state index >= 15 is 0 Å². The summed E-state index contributed by atoms with van der Waals surface area (Å²) < 4.78 is 16.8. The summed E-state index contributed by atoms with van der Waals surface area (Å²) >= 11 is 0. The van der Waals surface area contributed by atoms with Gasteiger partial charge >= 0.3 is 17.9 Å². The molecule has 0 saturated carbocycles. The van der Waals surface area contributed by atoms with Crippen LogP contribution in [-0.2, 0) is 28.6 Å². The number of carbonyl (C=O) groups excluding carboxylic acids is 3. The zero-order chi connectivity index (χ0) is 47.9. The maximum Gasteiger partial charge on any atom is 0.306 e. The lowest BCUT2D eigenvalue weighted by Crippen LogP contribution is -2.30. The first-order chi connectivity index (χ1) is 32.5. The van der Waals surface area contributed by atoms with Crippen LogP contribution in [0.4, 0.5) is 0 Å². The Morgan fingerprint density at radius 1 is 0.318 bits per heavy atom. The topological polar surface area (TPSA) is 78.9 Å². The second-order valence-electron chi connectivity index (χ2n) is 18.6. The second-order valence-corrected chi connectivity index (χ2v) is 18.6. The zero-order valence-corrected chi connectivity index (χ0v) is 43.4. The Labute approximate surface area is 408 Å². The molecule has 0 bridgehead atoms. The standard InChI is InChI=1S/C60H104O6/c1-4-7-10-13-16-19-22-25-27-29-30-31-33-35-38-41-44-47-50-53-59(62)65-56-57(55-64-58(61)52-49-46-43-40-37-34-24-21-18-15-12-9-6-3)66-60(63)54-51-48-45-42-39-36-32-28-26-23-20-17-14-11-8-5-2/h9,12,15-16,18-19,21-22,24-25,34,37,57H,4-8,10-11,13-14,17,20,23,26-33,35-36,38-56H2,1-3H3/b12-9-,18-15-,19-16-,24-21-,25-22-,37-34-. The van der Waals surface area contributed by atoms with Crippen molar-refractivity contribution in [2.45, 2.75) is 277 Å². The van der Waals surface area contributed by atoms with Crippen molar-refractivity contribution in [3.8, 4) is 0 Å². The summed E-state index contributed by atoms with van der Waals surface area (Å²) in [6.07, 6.45) is 68.9.